The average Bonchev–Trinajstić information content (AvgIpc) is 3.29. The van der Waals surface area contributed by atoms with Crippen LogP contribution in [0.15, 0.2) is 59.5 Å². The summed E-state index contributed by atoms with van der Waals surface area (Å²) in [5, 5.41) is 6.70. The highest BCUT2D eigenvalue weighted by atomic mass is 35.5. The minimum atomic E-state index is -3.78. The topological polar surface area (TPSA) is 85.7 Å². The van der Waals surface area contributed by atoms with E-state index in [0.717, 1.165) is 35.1 Å². The maximum absolute atomic E-state index is 13.3. The van der Waals surface area contributed by atoms with E-state index in [9.17, 15) is 8.42 Å². The van der Waals surface area contributed by atoms with Gasteiger partial charge in [-0.2, -0.15) is 5.10 Å². The molecule has 0 aliphatic rings. The van der Waals surface area contributed by atoms with Crippen LogP contribution in [-0.2, 0) is 23.0 Å². The lowest BCUT2D eigenvalue weighted by Crippen LogP contribution is -2.26. The summed E-state index contributed by atoms with van der Waals surface area (Å²) < 4.78 is 42.1. The summed E-state index contributed by atoms with van der Waals surface area (Å²) in [6, 6.07) is 16.0. The molecule has 0 spiro atoms. The zero-order chi connectivity index (χ0) is 28.9. The maximum atomic E-state index is 13.3. The van der Waals surface area contributed by atoms with E-state index >= 15 is 0 Å². The number of benzene rings is 3. The van der Waals surface area contributed by atoms with Gasteiger partial charge in [0.25, 0.3) is 0 Å². The highest BCUT2D eigenvalue weighted by Crippen LogP contribution is 2.32. The highest BCUT2D eigenvalue weighted by molar-refractivity contribution is 7.89. The monoisotopic (exact) mass is 604 g/mol. The van der Waals surface area contributed by atoms with Gasteiger partial charge in [0.05, 0.1) is 30.7 Å². The van der Waals surface area contributed by atoms with E-state index < -0.39 is 10.0 Å². The molecule has 0 saturated carbocycles. The van der Waals surface area contributed by atoms with Gasteiger partial charge in [-0.3, -0.25) is 4.68 Å². The number of anilines is 1. The van der Waals surface area contributed by atoms with Crippen LogP contribution in [0.5, 0.6) is 11.5 Å². The summed E-state index contributed by atoms with van der Waals surface area (Å²) in [6.07, 6.45) is 0.493. The number of fused-ring (bicyclic) bond motifs is 1. The number of halogens is 2. The zero-order valence-corrected chi connectivity index (χ0v) is 25.4. The second kappa shape index (κ2) is 13.1. The van der Waals surface area contributed by atoms with Gasteiger partial charge in [0.1, 0.15) is 0 Å². The molecule has 0 bridgehead atoms. The van der Waals surface area contributed by atoms with Crippen LogP contribution in [0.25, 0.3) is 10.9 Å². The van der Waals surface area contributed by atoms with Gasteiger partial charge < -0.3 is 14.4 Å². The molecule has 3 aromatic carbocycles. The van der Waals surface area contributed by atoms with Crippen LogP contribution in [0.4, 0.5) is 5.82 Å². The van der Waals surface area contributed by atoms with Crippen molar-refractivity contribution in [1.29, 1.82) is 0 Å². The molecule has 1 heterocycles. The summed E-state index contributed by atoms with van der Waals surface area (Å²) in [5.41, 5.74) is 2.48. The third-order valence-corrected chi connectivity index (χ3v) is 8.85. The fraction of sp³-hybridized carbons (Fsp3) is 0.345. The molecular formula is C29H34Cl2N4O4S. The van der Waals surface area contributed by atoms with E-state index in [0.29, 0.717) is 46.9 Å². The summed E-state index contributed by atoms with van der Waals surface area (Å²) >= 11 is 12.9. The van der Waals surface area contributed by atoms with Crippen molar-refractivity contribution in [2.45, 2.75) is 38.6 Å². The largest absolute Gasteiger partial charge is 0.493 e. The number of ether oxygens (including phenoxy) is 2. The molecule has 11 heteroatoms. The number of methoxy groups -OCH3 is 1. The van der Waals surface area contributed by atoms with Crippen molar-refractivity contribution < 1.29 is 17.9 Å². The Labute approximate surface area is 245 Å². The SMILES string of the molecule is CCOc1cc(CCNS(=O)(=O)c2ccc3c(c2)c(N(CC)CC)nn3Cc2c(Cl)cccc2Cl)ccc1OC. The Morgan fingerprint density at radius 3 is 2.35 bits per heavy atom. The van der Waals surface area contributed by atoms with Crippen LogP contribution < -0.4 is 19.1 Å². The van der Waals surface area contributed by atoms with Crippen LogP contribution in [0.2, 0.25) is 10.0 Å². The van der Waals surface area contributed by atoms with E-state index in [1.165, 1.54) is 0 Å². The molecule has 0 amide bonds. The van der Waals surface area contributed by atoms with E-state index in [1.54, 1.807) is 43.5 Å². The van der Waals surface area contributed by atoms with Crippen molar-refractivity contribution in [3.63, 3.8) is 0 Å². The predicted octanol–water partition coefficient (Wildman–Crippen LogP) is 6.17. The van der Waals surface area contributed by atoms with Crippen LogP contribution >= 0.6 is 23.2 Å². The molecule has 1 aromatic heterocycles. The summed E-state index contributed by atoms with van der Waals surface area (Å²) in [5.74, 6) is 1.98. The minimum absolute atomic E-state index is 0.175. The highest BCUT2D eigenvalue weighted by Gasteiger charge is 2.21. The molecule has 0 unspecified atom stereocenters. The van der Waals surface area contributed by atoms with Crippen molar-refractivity contribution in [2.24, 2.45) is 0 Å². The van der Waals surface area contributed by atoms with E-state index in [-0.39, 0.29) is 11.4 Å². The molecule has 0 aliphatic carbocycles. The van der Waals surface area contributed by atoms with Gasteiger partial charge >= 0.3 is 0 Å². The zero-order valence-electron chi connectivity index (χ0n) is 23.1. The molecule has 4 rings (SSSR count). The minimum Gasteiger partial charge on any atom is -0.493 e. The molecular weight excluding hydrogens is 571 g/mol. The quantitative estimate of drug-likeness (QED) is 0.196. The number of aromatic nitrogens is 2. The van der Waals surface area contributed by atoms with Gasteiger partial charge in [-0.15, -0.1) is 0 Å². The molecule has 0 fully saturated rings. The van der Waals surface area contributed by atoms with E-state index in [4.69, 9.17) is 37.8 Å². The first-order valence-corrected chi connectivity index (χ1v) is 15.4. The van der Waals surface area contributed by atoms with Crippen LogP contribution in [0.1, 0.15) is 31.9 Å². The van der Waals surface area contributed by atoms with Crippen LogP contribution in [0, 0.1) is 0 Å². The molecule has 214 valence electrons. The van der Waals surface area contributed by atoms with Crippen LogP contribution in [-0.4, -0.2) is 51.5 Å². The first-order chi connectivity index (χ1) is 19.2. The Morgan fingerprint density at radius 2 is 1.70 bits per heavy atom. The Hall–Kier alpha value is -2.98. The van der Waals surface area contributed by atoms with Gasteiger partial charge in [0, 0.05) is 40.6 Å². The molecule has 0 saturated heterocycles. The van der Waals surface area contributed by atoms with Gasteiger partial charge in [0.15, 0.2) is 17.3 Å². The fourth-order valence-corrected chi connectivity index (χ4v) is 6.15. The molecule has 8 nitrogen and oxygen atoms in total. The van der Waals surface area contributed by atoms with Crippen molar-refractivity contribution >= 4 is 49.9 Å². The first-order valence-electron chi connectivity index (χ1n) is 13.2. The Kier molecular flexibility index (Phi) is 9.84. The number of nitrogens with one attached hydrogen (secondary N) is 1. The molecule has 0 atom stereocenters. The third kappa shape index (κ3) is 6.49. The fourth-order valence-electron chi connectivity index (χ4n) is 4.58. The summed E-state index contributed by atoms with van der Waals surface area (Å²) in [6.45, 7) is 8.50. The second-order valence-corrected chi connectivity index (χ2v) is 11.7. The number of nitrogens with zero attached hydrogens (tertiary/aromatic N) is 3. The first kappa shape index (κ1) is 30.0. The smallest absolute Gasteiger partial charge is 0.240 e. The average molecular weight is 606 g/mol. The molecule has 4 aromatic rings. The van der Waals surface area contributed by atoms with Gasteiger partial charge in [-0.1, -0.05) is 35.3 Å². The van der Waals surface area contributed by atoms with Gasteiger partial charge in [-0.25, -0.2) is 13.1 Å². The maximum Gasteiger partial charge on any atom is 0.240 e. The van der Waals surface area contributed by atoms with Crippen molar-refractivity contribution in [1.82, 2.24) is 14.5 Å². The lowest BCUT2D eigenvalue weighted by Gasteiger charge is -2.18. The molecule has 0 aliphatic heterocycles. The van der Waals surface area contributed by atoms with Crippen molar-refractivity contribution in [3.05, 3.63) is 75.8 Å². The Bertz CT molecular complexity index is 1570. The molecule has 40 heavy (non-hydrogen) atoms. The lowest BCUT2D eigenvalue weighted by molar-refractivity contribution is 0.310. The van der Waals surface area contributed by atoms with Crippen LogP contribution in [0.3, 0.4) is 0 Å². The van der Waals surface area contributed by atoms with Gasteiger partial charge in [-0.05, 0) is 75.2 Å². The Morgan fingerprint density at radius 1 is 0.975 bits per heavy atom. The van der Waals surface area contributed by atoms with Crippen molar-refractivity contribution in [2.75, 3.05) is 38.3 Å². The standard InChI is InChI=1S/C29H34Cl2N4O4S/c1-5-34(6-2)29-22-18-21(12-13-26(22)35(33-29)19-23-24(30)9-8-10-25(23)31)40(36,37)32-16-15-20-11-14-27(38-4)28(17-20)39-7-3/h8-14,17-18,32H,5-7,15-16,19H2,1-4H3. The molecule has 1 N–H and O–H groups in total. The normalized spacial score (nSPS) is 11.7. The predicted molar refractivity (Wildman–Crippen MR) is 162 cm³/mol. The van der Waals surface area contributed by atoms with Gasteiger partial charge in [0.2, 0.25) is 10.0 Å². The van der Waals surface area contributed by atoms with E-state index in [2.05, 4.69) is 9.62 Å². The number of hydrogen-bond acceptors (Lipinski definition) is 6. The summed E-state index contributed by atoms with van der Waals surface area (Å²) in [7, 11) is -2.19. The number of hydrogen-bond donors (Lipinski definition) is 1. The second-order valence-electron chi connectivity index (χ2n) is 9.10. The molecule has 0 radical (unpaired) electrons. The number of rotatable bonds is 13. The third-order valence-electron chi connectivity index (χ3n) is 6.68. The Balaban J connectivity index is 1.61. The van der Waals surface area contributed by atoms with Crippen molar-refractivity contribution in [3.8, 4) is 11.5 Å². The van der Waals surface area contributed by atoms with E-state index in [1.807, 2.05) is 43.7 Å². The lowest BCUT2D eigenvalue weighted by atomic mass is 10.1. The number of sulfonamides is 1. The summed E-state index contributed by atoms with van der Waals surface area (Å²) in [4.78, 5) is 2.27.